The molecular weight excluding hydrogens is 274 g/mol. The van der Waals surface area contributed by atoms with E-state index >= 15 is 0 Å². The zero-order valence-electron chi connectivity index (χ0n) is 11.3. The Bertz CT molecular complexity index is 595. The lowest BCUT2D eigenvalue weighted by Crippen LogP contribution is -2.47. The van der Waals surface area contributed by atoms with Gasteiger partial charge in [-0.25, -0.2) is 8.42 Å². The molecule has 0 aliphatic carbocycles. The summed E-state index contributed by atoms with van der Waals surface area (Å²) in [6.45, 7) is 1.45. The van der Waals surface area contributed by atoms with Gasteiger partial charge in [-0.3, -0.25) is 4.90 Å². The highest BCUT2D eigenvalue weighted by Gasteiger charge is 2.31. The van der Waals surface area contributed by atoms with Crippen molar-refractivity contribution in [2.24, 2.45) is 5.73 Å². The number of hydrogen-bond acceptors (Lipinski definition) is 5. The highest BCUT2D eigenvalue weighted by atomic mass is 32.2. The predicted octanol–water partition coefficient (Wildman–Crippen LogP) is 0.485. The van der Waals surface area contributed by atoms with Gasteiger partial charge in [0.05, 0.1) is 17.6 Å². The van der Waals surface area contributed by atoms with E-state index in [9.17, 15) is 13.7 Å². The average Bonchev–Trinajstić information content (AvgIpc) is 2.61. The molecule has 1 aromatic rings. The van der Waals surface area contributed by atoms with Crippen LogP contribution in [-0.2, 0) is 15.4 Å². The first kappa shape index (κ1) is 15.0. The SMILES string of the molecule is N#CC(N)(CN1CCCS(=O)(=O)CC1)c1ccccc1. The first-order valence-corrected chi connectivity index (χ1v) is 8.46. The Hall–Kier alpha value is -1.42. The molecule has 2 N–H and O–H groups in total. The topological polar surface area (TPSA) is 87.2 Å². The van der Waals surface area contributed by atoms with Crippen molar-refractivity contribution in [1.29, 1.82) is 5.26 Å². The van der Waals surface area contributed by atoms with Crippen molar-refractivity contribution in [3.63, 3.8) is 0 Å². The van der Waals surface area contributed by atoms with Crippen LogP contribution in [0.4, 0.5) is 0 Å². The smallest absolute Gasteiger partial charge is 0.151 e. The summed E-state index contributed by atoms with van der Waals surface area (Å²) < 4.78 is 23.2. The average molecular weight is 293 g/mol. The number of benzene rings is 1. The first-order chi connectivity index (χ1) is 9.45. The van der Waals surface area contributed by atoms with Gasteiger partial charge in [-0.1, -0.05) is 30.3 Å². The van der Waals surface area contributed by atoms with Gasteiger partial charge in [0.15, 0.2) is 9.84 Å². The number of nitriles is 1. The number of nitrogens with two attached hydrogens (primary N) is 1. The molecular formula is C14H19N3O2S. The summed E-state index contributed by atoms with van der Waals surface area (Å²) >= 11 is 0. The Morgan fingerprint density at radius 2 is 1.95 bits per heavy atom. The van der Waals surface area contributed by atoms with Gasteiger partial charge in [0.25, 0.3) is 0 Å². The molecule has 0 spiro atoms. The molecule has 1 fully saturated rings. The quantitative estimate of drug-likeness (QED) is 0.876. The molecule has 0 aromatic heterocycles. The van der Waals surface area contributed by atoms with E-state index in [1.165, 1.54) is 0 Å². The van der Waals surface area contributed by atoms with Crippen LogP contribution >= 0.6 is 0 Å². The van der Waals surface area contributed by atoms with Gasteiger partial charge in [0.2, 0.25) is 0 Å². The molecule has 1 atom stereocenters. The molecule has 0 radical (unpaired) electrons. The maximum atomic E-state index is 11.6. The van der Waals surface area contributed by atoms with Crippen LogP contribution in [0.3, 0.4) is 0 Å². The van der Waals surface area contributed by atoms with E-state index in [-0.39, 0.29) is 11.5 Å². The second-order valence-electron chi connectivity index (χ2n) is 5.23. The van der Waals surface area contributed by atoms with Crippen LogP contribution in [0, 0.1) is 11.3 Å². The lowest BCUT2D eigenvalue weighted by Gasteiger charge is -2.29. The predicted molar refractivity (Wildman–Crippen MR) is 77.6 cm³/mol. The third-order valence-corrected chi connectivity index (χ3v) is 5.32. The molecule has 108 valence electrons. The standard InChI is InChI=1S/C14H19N3O2S/c15-11-14(16,13-5-2-1-3-6-13)12-17-7-4-9-20(18,19)10-8-17/h1-3,5-6H,4,7-10,12,16H2. The van der Waals surface area contributed by atoms with Crippen molar-refractivity contribution in [1.82, 2.24) is 4.90 Å². The summed E-state index contributed by atoms with van der Waals surface area (Å²) in [7, 11) is -2.94. The van der Waals surface area contributed by atoms with Gasteiger partial charge < -0.3 is 5.73 Å². The normalized spacial score (nSPS) is 22.4. The van der Waals surface area contributed by atoms with Crippen molar-refractivity contribution < 1.29 is 8.42 Å². The summed E-state index contributed by atoms with van der Waals surface area (Å²) in [5, 5.41) is 9.42. The molecule has 1 heterocycles. The minimum Gasteiger partial charge on any atom is -0.309 e. The number of sulfone groups is 1. The van der Waals surface area contributed by atoms with Gasteiger partial charge >= 0.3 is 0 Å². The first-order valence-electron chi connectivity index (χ1n) is 6.64. The van der Waals surface area contributed by atoms with Gasteiger partial charge in [-0.2, -0.15) is 5.26 Å². The van der Waals surface area contributed by atoms with Crippen LogP contribution in [0.2, 0.25) is 0 Å². The van der Waals surface area contributed by atoms with Crippen molar-refractivity contribution in [3.05, 3.63) is 35.9 Å². The van der Waals surface area contributed by atoms with E-state index in [2.05, 4.69) is 6.07 Å². The fourth-order valence-electron chi connectivity index (χ4n) is 2.43. The third-order valence-electron chi connectivity index (χ3n) is 3.61. The zero-order chi connectivity index (χ0) is 14.6. The van der Waals surface area contributed by atoms with Gasteiger partial charge in [0, 0.05) is 13.1 Å². The van der Waals surface area contributed by atoms with Crippen LogP contribution in [0.1, 0.15) is 12.0 Å². The number of rotatable bonds is 3. The minimum atomic E-state index is -2.94. The van der Waals surface area contributed by atoms with E-state index in [0.29, 0.717) is 26.1 Å². The lowest BCUT2D eigenvalue weighted by atomic mass is 9.92. The van der Waals surface area contributed by atoms with Crippen molar-refractivity contribution in [2.75, 3.05) is 31.1 Å². The summed E-state index contributed by atoms with van der Waals surface area (Å²) in [6.07, 6.45) is 0.596. The second-order valence-corrected chi connectivity index (χ2v) is 7.53. The molecule has 5 nitrogen and oxygen atoms in total. The highest BCUT2D eigenvalue weighted by Crippen LogP contribution is 2.20. The molecule has 2 rings (SSSR count). The molecule has 0 amide bonds. The Balaban J connectivity index is 2.13. The van der Waals surface area contributed by atoms with E-state index < -0.39 is 15.4 Å². The van der Waals surface area contributed by atoms with Crippen LogP contribution in [-0.4, -0.2) is 44.5 Å². The van der Waals surface area contributed by atoms with Crippen molar-refractivity contribution in [3.8, 4) is 6.07 Å². The molecule has 1 aromatic carbocycles. The lowest BCUT2D eigenvalue weighted by molar-refractivity contribution is 0.250. The largest absolute Gasteiger partial charge is 0.309 e. The molecule has 6 heteroatoms. The van der Waals surface area contributed by atoms with Crippen molar-refractivity contribution >= 4 is 9.84 Å². The summed E-state index contributed by atoms with van der Waals surface area (Å²) in [6, 6.07) is 11.4. The highest BCUT2D eigenvalue weighted by molar-refractivity contribution is 7.91. The molecule has 0 bridgehead atoms. The maximum Gasteiger partial charge on any atom is 0.151 e. The minimum absolute atomic E-state index is 0.142. The number of hydrogen-bond donors (Lipinski definition) is 1. The Morgan fingerprint density at radius 1 is 1.25 bits per heavy atom. The fraction of sp³-hybridized carbons (Fsp3) is 0.500. The van der Waals surface area contributed by atoms with Crippen LogP contribution in [0.5, 0.6) is 0 Å². The van der Waals surface area contributed by atoms with Gasteiger partial charge in [-0.05, 0) is 18.5 Å². The van der Waals surface area contributed by atoms with Gasteiger partial charge in [-0.15, -0.1) is 0 Å². The Labute approximate surface area is 119 Å². The molecule has 1 aliphatic heterocycles. The van der Waals surface area contributed by atoms with E-state index in [4.69, 9.17) is 5.73 Å². The Morgan fingerprint density at radius 3 is 2.60 bits per heavy atom. The summed E-state index contributed by atoms with van der Waals surface area (Å²) in [4.78, 5) is 1.97. The second kappa shape index (κ2) is 5.92. The molecule has 0 saturated carbocycles. The van der Waals surface area contributed by atoms with Crippen molar-refractivity contribution in [2.45, 2.75) is 12.0 Å². The van der Waals surface area contributed by atoms with E-state index in [1.807, 2.05) is 35.2 Å². The summed E-state index contributed by atoms with van der Waals surface area (Å²) in [5.74, 6) is 0.363. The monoisotopic (exact) mass is 293 g/mol. The molecule has 1 saturated heterocycles. The van der Waals surface area contributed by atoms with Crippen LogP contribution in [0.25, 0.3) is 0 Å². The van der Waals surface area contributed by atoms with E-state index in [0.717, 1.165) is 5.56 Å². The van der Waals surface area contributed by atoms with Gasteiger partial charge in [0.1, 0.15) is 5.54 Å². The Kier molecular flexibility index (Phi) is 4.43. The zero-order valence-corrected chi connectivity index (χ0v) is 12.1. The van der Waals surface area contributed by atoms with Crippen LogP contribution in [0.15, 0.2) is 30.3 Å². The maximum absolute atomic E-state index is 11.6. The molecule has 1 unspecified atom stereocenters. The third kappa shape index (κ3) is 3.57. The number of nitrogens with zero attached hydrogens (tertiary/aromatic N) is 2. The van der Waals surface area contributed by atoms with E-state index in [1.54, 1.807) is 0 Å². The molecule has 1 aliphatic rings. The summed E-state index contributed by atoms with van der Waals surface area (Å²) in [5.41, 5.74) is 5.87. The van der Waals surface area contributed by atoms with Crippen LogP contribution < -0.4 is 5.73 Å². The molecule has 20 heavy (non-hydrogen) atoms. The fourth-order valence-corrected chi connectivity index (χ4v) is 3.74.